The first-order chi connectivity index (χ1) is 7.72. The Kier molecular flexibility index (Phi) is 4.20. The van der Waals surface area contributed by atoms with Crippen LogP contribution in [0.1, 0.15) is 46.0 Å². The Morgan fingerprint density at radius 1 is 1.38 bits per heavy atom. The molecule has 0 amide bonds. The van der Waals surface area contributed by atoms with E-state index in [1.54, 1.807) is 0 Å². The largest absolute Gasteiger partial charge is 0.329 e. The molecule has 1 saturated carbocycles. The van der Waals surface area contributed by atoms with E-state index in [9.17, 15) is 0 Å². The van der Waals surface area contributed by atoms with Crippen molar-refractivity contribution in [2.45, 2.75) is 62.8 Å². The van der Waals surface area contributed by atoms with Crippen molar-refractivity contribution in [1.29, 1.82) is 0 Å². The minimum atomic E-state index is 0.313. The third-order valence-corrected chi connectivity index (χ3v) is 5.84. The van der Waals surface area contributed by atoms with Gasteiger partial charge in [0.2, 0.25) is 0 Å². The maximum absolute atomic E-state index is 6.12. The summed E-state index contributed by atoms with van der Waals surface area (Å²) in [7, 11) is 0. The van der Waals surface area contributed by atoms with Gasteiger partial charge in [0.05, 0.1) is 0 Å². The molecule has 2 nitrogen and oxygen atoms in total. The zero-order valence-electron chi connectivity index (χ0n) is 10.7. The molecule has 2 fully saturated rings. The molecule has 2 atom stereocenters. The highest BCUT2D eigenvalue weighted by Gasteiger charge is 2.44. The van der Waals surface area contributed by atoms with Crippen LogP contribution in [0.5, 0.6) is 0 Å². The SMILES string of the molecule is CCN(C1CCCC1)C1(CN)CSC(C)C1. The minimum Gasteiger partial charge on any atom is -0.329 e. The fraction of sp³-hybridized carbons (Fsp3) is 1.00. The van der Waals surface area contributed by atoms with Gasteiger partial charge < -0.3 is 5.73 Å². The number of rotatable bonds is 4. The van der Waals surface area contributed by atoms with Gasteiger partial charge >= 0.3 is 0 Å². The summed E-state index contributed by atoms with van der Waals surface area (Å²) in [5, 5.41) is 0.791. The molecule has 0 spiro atoms. The lowest BCUT2D eigenvalue weighted by molar-refractivity contribution is 0.0713. The molecule has 0 aromatic heterocycles. The quantitative estimate of drug-likeness (QED) is 0.821. The van der Waals surface area contributed by atoms with Gasteiger partial charge in [-0.3, -0.25) is 4.90 Å². The molecule has 0 bridgehead atoms. The van der Waals surface area contributed by atoms with Gasteiger partial charge in [0, 0.05) is 29.1 Å². The molecule has 1 aliphatic heterocycles. The van der Waals surface area contributed by atoms with E-state index in [1.165, 1.54) is 44.4 Å². The van der Waals surface area contributed by atoms with Crippen LogP contribution in [0.15, 0.2) is 0 Å². The van der Waals surface area contributed by atoms with Crippen molar-refractivity contribution in [2.24, 2.45) is 5.73 Å². The summed E-state index contributed by atoms with van der Waals surface area (Å²) >= 11 is 2.11. The van der Waals surface area contributed by atoms with Crippen LogP contribution in [0.4, 0.5) is 0 Å². The van der Waals surface area contributed by atoms with Crippen LogP contribution < -0.4 is 5.73 Å². The molecule has 0 aromatic carbocycles. The number of nitrogens with two attached hydrogens (primary N) is 1. The van der Waals surface area contributed by atoms with E-state index in [4.69, 9.17) is 5.73 Å². The molecular formula is C13H26N2S. The Morgan fingerprint density at radius 3 is 2.50 bits per heavy atom. The van der Waals surface area contributed by atoms with Crippen molar-refractivity contribution in [1.82, 2.24) is 4.90 Å². The van der Waals surface area contributed by atoms with Gasteiger partial charge in [-0.1, -0.05) is 26.7 Å². The monoisotopic (exact) mass is 242 g/mol. The summed E-state index contributed by atoms with van der Waals surface area (Å²) in [4.78, 5) is 2.75. The lowest BCUT2D eigenvalue weighted by Crippen LogP contribution is -2.57. The highest BCUT2D eigenvalue weighted by molar-refractivity contribution is 8.00. The first-order valence-electron chi connectivity index (χ1n) is 6.80. The number of nitrogens with zero attached hydrogens (tertiary/aromatic N) is 1. The molecule has 2 rings (SSSR count). The summed E-state index contributed by atoms with van der Waals surface area (Å²) in [6.45, 7) is 6.68. The Hall–Kier alpha value is 0.270. The Balaban J connectivity index is 2.10. The van der Waals surface area contributed by atoms with Gasteiger partial charge in [0.1, 0.15) is 0 Å². The molecule has 1 heterocycles. The van der Waals surface area contributed by atoms with Crippen LogP contribution in [0.25, 0.3) is 0 Å². The maximum Gasteiger partial charge on any atom is 0.0435 e. The Labute approximate surface area is 104 Å². The van der Waals surface area contributed by atoms with Gasteiger partial charge in [0.15, 0.2) is 0 Å². The van der Waals surface area contributed by atoms with Gasteiger partial charge in [0.25, 0.3) is 0 Å². The van der Waals surface area contributed by atoms with E-state index in [0.717, 1.165) is 17.8 Å². The molecule has 0 radical (unpaired) electrons. The van der Waals surface area contributed by atoms with Crippen LogP contribution >= 0.6 is 11.8 Å². The predicted molar refractivity (Wildman–Crippen MR) is 73.0 cm³/mol. The molecule has 1 saturated heterocycles. The summed E-state index contributed by atoms with van der Waals surface area (Å²) < 4.78 is 0. The maximum atomic E-state index is 6.12. The lowest BCUT2D eigenvalue weighted by atomic mass is 9.91. The van der Waals surface area contributed by atoms with Crippen LogP contribution in [0.2, 0.25) is 0 Å². The summed E-state index contributed by atoms with van der Waals surface area (Å²) in [6, 6.07) is 0.819. The fourth-order valence-corrected chi connectivity index (χ4v) is 5.03. The van der Waals surface area contributed by atoms with E-state index in [-0.39, 0.29) is 0 Å². The lowest BCUT2D eigenvalue weighted by Gasteiger charge is -2.43. The summed E-state index contributed by atoms with van der Waals surface area (Å²) in [6.07, 6.45) is 6.93. The summed E-state index contributed by atoms with van der Waals surface area (Å²) in [5.74, 6) is 1.25. The van der Waals surface area contributed by atoms with E-state index < -0.39 is 0 Å². The van der Waals surface area contributed by atoms with Crippen molar-refractivity contribution in [3.05, 3.63) is 0 Å². The van der Waals surface area contributed by atoms with Gasteiger partial charge in [-0.15, -0.1) is 0 Å². The first-order valence-corrected chi connectivity index (χ1v) is 7.85. The Bertz CT molecular complexity index is 228. The van der Waals surface area contributed by atoms with E-state index in [2.05, 4.69) is 30.5 Å². The number of hydrogen-bond donors (Lipinski definition) is 1. The van der Waals surface area contributed by atoms with Crippen molar-refractivity contribution in [3.63, 3.8) is 0 Å². The van der Waals surface area contributed by atoms with Crippen LogP contribution in [-0.4, -0.2) is 40.6 Å². The van der Waals surface area contributed by atoms with Crippen molar-refractivity contribution in [2.75, 3.05) is 18.8 Å². The van der Waals surface area contributed by atoms with Gasteiger partial charge in [-0.2, -0.15) is 11.8 Å². The second kappa shape index (κ2) is 5.28. The number of hydrogen-bond acceptors (Lipinski definition) is 3. The van der Waals surface area contributed by atoms with E-state index in [0.29, 0.717) is 5.54 Å². The molecule has 16 heavy (non-hydrogen) atoms. The van der Waals surface area contributed by atoms with Crippen LogP contribution in [0, 0.1) is 0 Å². The molecule has 2 N–H and O–H groups in total. The fourth-order valence-electron chi connectivity index (χ4n) is 3.61. The van der Waals surface area contributed by atoms with Crippen LogP contribution in [-0.2, 0) is 0 Å². The van der Waals surface area contributed by atoms with Gasteiger partial charge in [-0.05, 0) is 25.8 Å². The standard InChI is InChI=1S/C13H26N2S/c1-3-15(12-6-4-5-7-12)13(9-14)8-11(2)16-10-13/h11-12H,3-10,14H2,1-2H3. The second-order valence-electron chi connectivity index (χ2n) is 5.48. The summed E-state index contributed by atoms with van der Waals surface area (Å²) in [5.41, 5.74) is 6.43. The zero-order chi connectivity index (χ0) is 11.6. The first kappa shape index (κ1) is 12.7. The van der Waals surface area contributed by atoms with Crippen molar-refractivity contribution >= 4 is 11.8 Å². The molecule has 1 aliphatic carbocycles. The second-order valence-corrected chi connectivity index (χ2v) is 6.91. The molecule has 2 aliphatic rings. The average Bonchev–Trinajstić information content (AvgIpc) is 2.91. The molecule has 3 heteroatoms. The topological polar surface area (TPSA) is 29.3 Å². The normalized spacial score (nSPS) is 36.4. The van der Waals surface area contributed by atoms with E-state index >= 15 is 0 Å². The third kappa shape index (κ3) is 2.27. The molecular weight excluding hydrogens is 216 g/mol. The molecule has 2 unspecified atom stereocenters. The van der Waals surface area contributed by atoms with Crippen molar-refractivity contribution < 1.29 is 0 Å². The molecule has 94 valence electrons. The highest BCUT2D eigenvalue weighted by Crippen LogP contribution is 2.41. The minimum absolute atomic E-state index is 0.313. The van der Waals surface area contributed by atoms with Gasteiger partial charge in [-0.25, -0.2) is 0 Å². The predicted octanol–water partition coefficient (Wildman–Crippen LogP) is 2.47. The molecule has 0 aromatic rings. The van der Waals surface area contributed by atoms with Crippen LogP contribution in [0.3, 0.4) is 0 Å². The van der Waals surface area contributed by atoms with E-state index in [1.807, 2.05) is 0 Å². The number of thioether (sulfide) groups is 1. The third-order valence-electron chi connectivity index (χ3n) is 4.40. The highest BCUT2D eigenvalue weighted by atomic mass is 32.2. The Morgan fingerprint density at radius 2 is 2.06 bits per heavy atom. The zero-order valence-corrected chi connectivity index (χ0v) is 11.6. The number of likely N-dealkylation sites (N-methyl/N-ethyl adjacent to an activating group) is 1. The smallest absolute Gasteiger partial charge is 0.0435 e. The average molecular weight is 242 g/mol. The van der Waals surface area contributed by atoms with Crippen molar-refractivity contribution in [3.8, 4) is 0 Å².